The number of hydrogen-bond donors (Lipinski definition) is 0. The van der Waals surface area contributed by atoms with Crippen LogP contribution < -0.4 is 0 Å². The predicted octanol–water partition coefficient (Wildman–Crippen LogP) is 3.98. The molecule has 1 aliphatic heterocycles. The summed E-state index contributed by atoms with van der Waals surface area (Å²) >= 11 is 5.94. The van der Waals surface area contributed by atoms with Crippen LogP contribution in [0.1, 0.15) is 41.6 Å². The Kier molecular flexibility index (Phi) is 5.73. The van der Waals surface area contributed by atoms with E-state index in [9.17, 15) is 24.5 Å². The number of nitro groups is 1. The second-order valence-corrected chi connectivity index (χ2v) is 8.19. The lowest BCUT2D eigenvalue weighted by atomic mass is 9.81. The third-order valence-corrected chi connectivity index (χ3v) is 6.12. The highest BCUT2D eigenvalue weighted by Gasteiger charge is 2.51. The summed E-state index contributed by atoms with van der Waals surface area (Å²) in [5.74, 6) is -2.52. The Bertz CT molecular complexity index is 1030. The molecule has 0 aromatic heterocycles. The summed E-state index contributed by atoms with van der Waals surface area (Å²) in [4.78, 5) is 50.6. The molecule has 1 aliphatic carbocycles. The van der Waals surface area contributed by atoms with E-state index in [4.69, 9.17) is 11.6 Å². The number of hydrazine groups is 1. The molecule has 0 N–H and O–H groups in total. The van der Waals surface area contributed by atoms with Crippen LogP contribution in [-0.4, -0.2) is 32.7 Å². The van der Waals surface area contributed by atoms with E-state index in [0.29, 0.717) is 23.4 Å². The fraction of sp³-hybridized carbons (Fsp3) is 0.318. The zero-order valence-corrected chi connectivity index (χ0v) is 17.3. The fourth-order valence-corrected chi connectivity index (χ4v) is 4.46. The van der Waals surface area contributed by atoms with Gasteiger partial charge in [0, 0.05) is 11.1 Å². The lowest BCUT2D eigenvalue weighted by Gasteiger charge is -2.30. The first-order valence-electron chi connectivity index (χ1n) is 10.1. The molecule has 0 bridgehead atoms. The monoisotopic (exact) mass is 441 g/mol. The summed E-state index contributed by atoms with van der Waals surface area (Å²) in [6.07, 6.45) is 2.90. The van der Waals surface area contributed by atoms with Crippen LogP contribution in [0.25, 0.3) is 0 Å². The molecule has 2 fully saturated rings. The number of carbonyl (C=O) groups is 3. The van der Waals surface area contributed by atoms with Crippen LogP contribution in [0.4, 0.5) is 5.69 Å². The fourth-order valence-electron chi connectivity index (χ4n) is 4.33. The van der Waals surface area contributed by atoms with Crippen LogP contribution in [0.2, 0.25) is 5.02 Å². The van der Waals surface area contributed by atoms with Crippen molar-refractivity contribution in [3.05, 3.63) is 74.8 Å². The van der Waals surface area contributed by atoms with Crippen molar-refractivity contribution in [3.63, 3.8) is 0 Å². The molecule has 1 heterocycles. The predicted molar refractivity (Wildman–Crippen MR) is 112 cm³/mol. The number of halogens is 1. The van der Waals surface area contributed by atoms with E-state index in [1.165, 1.54) is 24.3 Å². The van der Waals surface area contributed by atoms with Crippen LogP contribution in [0.5, 0.6) is 0 Å². The van der Waals surface area contributed by atoms with E-state index in [0.717, 1.165) is 22.9 Å². The molecule has 31 heavy (non-hydrogen) atoms. The quantitative estimate of drug-likeness (QED) is 0.397. The summed E-state index contributed by atoms with van der Waals surface area (Å²) in [5, 5.41) is 13.9. The zero-order valence-electron chi connectivity index (χ0n) is 16.6. The number of benzene rings is 2. The molecule has 0 unspecified atom stereocenters. The number of imide groups is 1. The summed E-state index contributed by atoms with van der Waals surface area (Å²) in [7, 11) is 0. The van der Waals surface area contributed by atoms with Crippen molar-refractivity contribution in [3.8, 4) is 0 Å². The molecule has 2 aromatic carbocycles. The van der Waals surface area contributed by atoms with Gasteiger partial charge in [0.25, 0.3) is 23.4 Å². The lowest BCUT2D eigenvalue weighted by Crippen LogP contribution is -2.49. The molecule has 0 spiro atoms. The van der Waals surface area contributed by atoms with E-state index in [-0.39, 0.29) is 17.8 Å². The first-order chi connectivity index (χ1) is 14.9. The molecular weight excluding hydrogens is 422 g/mol. The Labute approximate surface area is 183 Å². The molecule has 9 heteroatoms. The summed E-state index contributed by atoms with van der Waals surface area (Å²) in [6.45, 7) is -0.0982. The van der Waals surface area contributed by atoms with Crippen LogP contribution in [0.3, 0.4) is 0 Å². The van der Waals surface area contributed by atoms with Gasteiger partial charge < -0.3 is 0 Å². The molecule has 2 aliphatic rings. The van der Waals surface area contributed by atoms with Gasteiger partial charge in [-0.3, -0.25) is 24.5 Å². The SMILES string of the molecule is O=C(c1ccccc1[N+](=O)[O-])N(Cc1ccc(Cl)cc1)N1C(=O)[C@H]2CCCC[C@H]2C1=O. The normalized spacial score (nSPS) is 20.5. The standard InChI is InChI=1S/C22H20ClN3O5/c23-15-11-9-14(10-12-15)13-24(20(27)18-7-3-4-8-19(18)26(30)31)25-21(28)16-5-1-2-6-17(16)22(25)29/h3-4,7-12,16-17H,1-2,5-6,13H2/t16-,17+. The van der Waals surface area contributed by atoms with Gasteiger partial charge in [-0.1, -0.05) is 48.7 Å². The van der Waals surface area contributed by atoms with Gasteiger partial charge in [-0.2, -0.15) is 5.01 Å². The Balaban J connectivity index is 1.76. The number of amides is 3. The van der Waals surface area contributed by atoms with E-state index >= 15 is 0 Å². The van der Waals surface area contributed by atoms with E-state index < -0.39 is 34.5 Å². The minimum absolute atomic E-state index is 0.0982. The Morgan fingerprint density at radius 1 is 1.03 bits per heavy atom. The van der Waals surface area contributed by atoms with Gasteiger partial charge in [-0.25, -0.2) is 5.01 Å². The van der Waals surface area contributed by atoms with Crippen molar-refractivity contribution in [2.24, 2.45) is 11.8 Å². The van der Waals surface area contributed by atoms with Crippen molar-refractivity contribution in [2.75, 3.05) is 0 Å². The average Bonchev–Trinajstić information content (AvgIpc) is 3.03. The van der Waals surface area contributed by atoms with E-state index in [1.807, 2.05) is 0 Å². The highest BCUT2D eigenvalue weighted by molar-refractivity contribution is 6.30. The van der Waals surface area contributed by atoms with Crippen molar-refractivity contribution in [1.29, 1.82) is 0 Å². The van der Waals surface area contributed by atoms with Gasteiger partial charge in [-0.15, -0.1) is 0 Å². The van der Waals surface area contributed by atoms with Crippen molar-refractivity contribution in [2.45, 2.75) is 32.2 Å². The smallest absolute Gasteiger partial charge is 0.272 e. The third-order valence-electron chi connectivity index (χ3n) is 5.87. The maximum atomic E-state index is 13.5. The number of para-hydroxylation sites is 1. The van der Waals surface area contributed by atoms with Gasteiger partial charge in [0.05, 0.1) is 23.3 Å². The van der Waals surface area contributed by atoms with Crippen molar-refractivity contribution in [1.82, 2.24) is 10.0 Å². The van der Waals surface area contributed by atoms with Crippen LogP contribution >= 0.6 is 11.6 Å². The summed E-state index contributed by atoms with van der Waals surface area (Å²) in [5.41, 5.74) is 0.0638. The largest absolute Gasteiger partial charge is 0.282 e. The van der Waals surface area contributed by atoms with Gasteiger partial charge in [0.1, 0.15) is 5.56 Å². The Morgan fingerprint density at radius 2 is 1.61 bits per heavy atom. The topological polar surface area (TPSA) is 101 Å². The molecule has 160 valence electrons. The van der Waals surface area contributed by atoms with Crippen LogP contribution in [-0.2, 0) is 16.1 Å². The van der Waals surface area contributed by atoms with Crippen LogP contribution in [0.15, 0.2) is 48.5 Å². The molecular formula is C22H20ClN3O5. The highest BCUT2D eigenvalue weighted by Crippen LogP contribution is 2.39. The molecule has 1 saturated heterocycles. The van der Waals surface area contributed by atoms with Gasteiger partial charge >= 0.3 is 0 Å². The molecule has 8 nitrogen and oxygen atoms in total. The van der Waals surface area contributed by atoms with Gasteiger partial charge in [-0.05, 0) is 36.6 Å². The summed E-state index contributed by atoms with van der Waals surface area (Å²) in [6, 6.07) is 12.2. The number of rotatable bonds is 5. The number of fused-ring (bicyclic) bond motifs is 1. The lowest BCUT2D eigenvalue weighted by molar-refractivity contribution is -0.385. The third kappa shape index (κ3) is 3.90. The number of hydrogen-bond acceptors (Lipinski definition) is 5. The number of nitrogens with zero attached hydrogens (tertiary/aromatic N) is 3. The second kappa shape index (κ2) is 8.47. The van der Waals surface area contributed by atoms with Crippen LogP contribution in [0, 0.1) is 22.0 Å². The second-order valence-electron chi connectivity index (χ2n) is 7.75. The van der Waals surface area contributed by atoms with E-state index in [1.54, 1.807) is 24.3 Å². The first kappa shape index (κ1) is 21.0. The molecule has 4 rings (SSSR count). The number of nitro benzene ring substituents is 1. The average molecular weight is 442 g/mol. The zero-order chi connectivity index (χ0) is 22.1. The van der Waals surface area contributed by atoms with Crippen molar-refractivity contribution < 1.29 is 19.3 Å². The molecule has 0 radical (unpaired) electrons. The molecule has 1 saturated carbocycles. The molecule has 2 atom stereocenters. The highest BCUT2D eigenvalue weighted by atomic mass is 35.5. The van der Waals surface area contributed by atoms with Gasteiger partial charge in [0.2, 0.25) is 0 Å². The Hall–Kier alpha value is -3.26. The minimum Gasteiger partial charge on any atom is -0.272 e. The maximum absolute atomic E-state index is 13.5. The minimum atomic E-state index is -0.775. The molecule has 2 aromatic rings. The van der Waals surface area contributed by atoms with Gasteiger partial charge in [0.15, 0.2) is 0 Å². The van der Waals surface area contributed by atoms with Crippen molar-refractivity contribution >= 4 is 35.0 Å². The molecule has 3 amide bonds. The summed E-state index contributed by atoms with van der Waals surface area (Å²) < 4.78 is 0. The number of carbonyl (C=O) groups excluding carboxylic acids is 3. The first-order valence-corrected chi connectivity index (χ1v) is 10.4. The Morgan fingerprint density at radius 3 is 2.19 bits per heavy atom. The maximum Gasteiger partial charge on any atom is 0.282 e. The van der Waals surface area contributed by atoms with E-state index in [2.05, 4.69) is 0 Å².